The summed E-state index contributed by atoms with van der Waals surface area (Å²) in [5, 5.41) is 0. The lowest BCUT2D eigenvalue weighted by atomic mass is 10.0. The summed E-state index contributed by atoms with van der Waals surface area (Å²) in [5.74, 6) is 1.74. The highest BCUT2D eigenvalue weighted by Crippen LogP contribution is 2.28. The summed E-state index contributed by atoms with van der Waals surface area (Å²) in [6, 6.07) is 12.4. The molecule has 2 aromatic carbocycles. The van der Waals surface area contributed by atoms with E-state index in [1.165, 1.54) is 11.1 Å². The summed E-state index contributed by atoms with van der Waals surface area (Å²) in [5.41, 5.74) is 9.46. The largest absolute Gasteiger partial charge is 0.457 e. The van der Waals surface area contributed by atoms with Crippen LogP contribution in [0.1, 0.15) is 23.6 Å². The van der Waals surface area contributed by atoms with Crippen LogP contribution in [0.5, 0.6) is 11.5 Å². The second-order valence-electron chi connectivity index (χ2n) is 5.28. The summed E-state index contributed by atoms with van der Waals surface area (Å²) in [7, 11) is 0. The van der Waals surface area contributed by atoms with Crippen molar-refractivity contribution in [2.45, 2.75) is 33.2 Å². The van der Waals surface area contributed by atoms with Gasteiger partial charge in [0, 0.05) is 10.5 Å². The molecule has 2 aromatic rings. The molecule has 106 valence electrons. The Labute approximate surface area is 129 Å². The van der Waals surface area contributed by atoms with Crippen LogP contribution in [0.2, 0.25) is 0 Å². The fourth-order valence-corrected chi connectivity index (χ4v) is 2.64. The Kier molecular flexibility index (Phi) is 4.84. The first kappa shape index (κ1) is 15.1. The Morgan fingerprint density at radius 3 is 2.45 bits per heavy atom. The minimum absolute atomic E-state index is 0.175. The van der Waals surface area contributed by atoms with Gasteiger partial charge in [-0.15, -0.1) is 0 Å². The van der Waals surface area contributed by atoms with E-state index in [1.54, 1.807) is 0 Å². The summed E-state index contributed by atoms with van der Waals surface area (Å²) < 4.78 is 7.01. The highest BCUT2D eigenvalue weighted by atomic mass is 79.9. The van der Waals surface area contributed by atoms with Gasteiger partial charge in [-0.3, -0.25) is 0 Å². The third-order valence-corrected chi connectivity index (χ3v) is 3.71. The van der Waals surface area contributed by atoms with E-state index in [-0.39, 0.29) is 6.04 Å². The fourth-order valence-electron chi connectivity index (χ4n) is 2.16. The van der Waals surface area contributed by atoms with Crippen LogP contribution in [0.4, 0.5) is 0 Å². The van der Waals surface area contributed by atoms with Gasteiger partial charge in [0.1, 0.15) is 11.5 Å². The van der Waals surface area contributed by atoms with Gasteiger partial charge in [0.05, 0.1) is 0 Å². The van der Waals surface area contributed by atoms with Gasteiger partial charge in [-0.05, 0) is 74.2 Å². The average molecular weight is 334 g/mol. The molecule has 0 radical (unpaired) electrons. The SMILES string of the molecule is Cc1cc(Oc2ccc(Br)cc2C)ccc1CC(C)N. The maximum atomic E-state index is 5.95. The Bertz CT molecular complexity index is 608. The monoisotopic (exact) mass is 333 g/mol. The molecule has 2 nitrogen and oxygen atoms in total. The van der Waals surface area contributed by atoms with E-state index < -0.39 is 0 Å². The van der Waals surface area contributed by atoms with Gasteiger partial charge in [-0.1, -0.05) is 22.0 Å². The predicted molar refractivity (Wildman–Crippen MR) is 87.5 cm³/mol. The molecule has 0 aliphatic heterocycles. The van der Waals surface area contributed by atoms with Crippen LogP contribution in [-0.4, -0.2) is 6.04 Å². The van der Waals surface area contributed by atoms with Crippen LogP contribution < -0.4 is 10.5 Å². The van der Waals surface area contributed by atoms with E-state index in [0.717, 1.165) is 28.0 Å². The molecule has 3 heteroatoms. The number of halogens is 1. The van der Waals surface area contributed by atoms with Crippen molar-refractivity contribution in [3.05, 3.63) is 57.6 Å². The van der Waals surface area contributed by atoms with E-state index in [2.05, 4.69) is 35.0 Å². The number of rotatable bonds is 4. The highest BCUT2D eigenvalue weighted by molar-refractivity contribution is 9.10. The number of nitrogens with two attached hydrogens (primary N) is 1. The van der Waals surface area contributed by atoms with Gasteiger partial charge < -0.3 is 10.5 Å². The van der Waals surface area contributed by atoms with Gasteiger partial charge in [0.25, 0.3) is 0 Å². The molecule has 0 bridgehead atoms. The van der Waals surface area contributed by atoms with Crippen molar-refractivity contribution < 1.29 is 4.74 Å². The normalized spacial score (nSPS) is 12.2. The Morgan fingerprint density at radius 2 is 1.85 bits per heavy atom. The summed E-state index contributed by atoms with van der Waals surface area (Å²) >= 11 is 3.46. The Morgan fingerprint density at radius 1 is 1.10 bits per heavy atom. The van der Waals surface area contributed by atoms with Crippen molar-refractivity contribution in [3.8, 4) is 11.5 Å². The lowest BCUT2D eigenvalue weighted by molar-refractivity contribution is 0.478. The van der Waals surface area contributed by atoms with Gasteiger partial charge in [-0.2, -0.15) is 0 Å². The maximum absolute atomic E-state index is 5.95. The predicted octanol–water partition coefficient (Wildman–Crippen LogP) is 4.75. The Balaban J connectivity index is 2.20. The number of hydrogen-bond acceptors (Lipinski definition) is 2. The summed E-state index contributed by atoms with van der Waals surface area (Å²) in [6.07, 6.45) is 0.892. The number of benzene rings is 2. The molecule has 0 fully saturated rings. The number of hydrogen-bond donors (Lipinski definition) is 1. The van der Waals surface area contributed by atoms with Gasteiger partial charge in [0.15, 0.2) is 0 Å². The standard InChI is InChI=1S/C17H20BrNO/c1-11-9-16(6-4-14(11)10-13(3)19)20-17-7-5-15(18)8-12(17)2/h4-9,13H,10,19H2,1-3H3. The third-order valence-electron chi connectivity index (χ3n) is 3.22. The van der Waals surface area contributed by atoms with Crippen LogP contribution in [-0.2, 0) is 6.42 Å². The second kappa shape index (κ2) is 6.42. The fraction of sp³-hybridized carbons (Fsp3) is 0.294. The first-order valence-corrected chi connectivity index (χ1v) is 7.54. The molecule has 0 heterocycles. The second-order valence-corrected chi connectivity index (χ2v) is 6.20. The quantitative estimate of drug-likeness (QED) is 0.876. The van der Waals surface area contributed by atoms with Crippen molar-refractivity contribution in [1.29, 1.82) is 0 Å². The maximum Gasteiger partial charge on any atom is 0.130 e. The van der Waals surface area contributed by atoms with Crippen LogP contribution in [0.15, 0.2) is 40.9 Å². The molecular weight excluding hydrogens is 314 g/mol. The first-order valence-electron chi connectivity index (χ1n) is 6.75. The molecule has 0 aliphatic carbocycles. The highest BCUT2D eigenvalue weighted by Gasteiger charge is 2.06. The van der Waals surface area contributed by atoms with Crippen molar-refractivity contribution in [3.63, 3.8) is 0 Å². The molecule has 1 unspecified atom stereocenters. The molecule has 20 heavy (non-hydrogen) atoms. The van der Waals surface area contributed by atoms with E-state index in [9.17, 15) is 0 Å². The molecule has 0 aromatic heterocycles. The Hall–Kier alpha value is -1.32. The van der Waals surface area contributed by atoms with Crippen LogP contribution >= 0.6 is 15.9 Å². The molecule has 2 rings (SSSR count). The smallest absolute Gasteiger partial charge is 0.130 e. The molecule has 0 saturated heterocycles. The van der Waals surface area contributed by atoms with Gasteiger partial charge in [0.2, 0.25) is 0 Å². The van der Waals surface area contributed by atoms with Crippen molar-refractivity contribution >= 4 is 15.9 Å². The average Bonchev–Trinajstić information content (AvgIpc) is 2.36. The van der Waals surface area contributed by atoms with E-state index in [1.807, 2.05) is 38.1 Å². The van der Waals surface area contributed by atoms with E-state index >= 15 is 0 Å². The molecule has 0 amide bonds. The van der Waals surface area contributed by atoms with Crippen LogP contribution in [0, 0.1) is 13.8 Å². The van der Waals surface area contributed by atoms with Gasteiger partial charge in [-0.25, -0.2) is 0 Å². The zero-order valence-corrected chi connectivity index (χ0v) is 13.7. The summed E-state index contributed by atoms with van der Waals surface area (Å²) in [4.78, 5) is 0. The lowest BCUT2D eigenvalue weighted by Gasteiger charge is -2.13. The minimum Gasteiger partial charge on any atom is -0.457 e. The lowest BCUT2D eigenvalue weighted by Crippen LogP contribution is -2.18. The van der Waals surface area contributed by atoms with Crippen molar-refractivity contribution in [2.75, 3.05) is 0 Å². The molecular formula is C17H20BrNO. The van der Waals surface area contributed by atoms with Gasteiger partial charge >= 0.3 is 0 Å². The molecule has 1 atom stereocenters. The third kappa shape index (κ3) is 3.84. The zero-order valence-electron chi connectivity index (χ0n) is 12.1. The molecule has 0 saturated carbocycles. The first-order chi connectivity index (χ1) is 9.45. The molecule has 0 spiro atoms. The van der Waals surface area contributed by atoms with E-state index in [0.29, 0.717) is 0 Å². The van der Waals surface area contributed by atoms with Crippen molar-refractivity contribution in [1.82, 2.24) is 0 Å². The molecule has 2 N–H and O–H groups in total. The summed E-state index contributed by atoms with van der Waals surface area (Å²) in [6.45, 7) is 6.16. The topological polar surface area (TPSA) is 35.2 Å². The zero-order chi connectivity index (χ0) is 14.7. The molecule has 0 aliphatic rings. The van der Waals surface area contributed by atoms with E-state index in [4.69, 9.17) is 10.5 Å². The number of ether oxygens (including phenoxy) is 1. The van der Waals surface area contributed by atoms with Crippen molar-refractivity contribution in [2.24, 2.45) is 5.73 Å². The minimum atomic E-state index is 0.175. The van der Waals surface area contributed by atoms with Crippen LogP contribution in [0.3, 0.4) is 0 Å². The van der Waals surface area contributed by atoms with Crippen LogP contribution in [0.25, 0.3) is 0 Å². The number of aryl methyl sites for hydroxylation is 2.